The van der Waals surface area contributed by atoms with Crippen molar-refractivity contribution in [2.45, 2.75) is 19.8 Å². The van der Waals surface area contributed by atoms with Crippen molar-refractivity contribution in [1.29, 1.82) is 0 Å². The molecular formula is C12H12FNO. The number of aromatic nitrogens is 1. The van der Waals surface area contributed by atoms with Crippen LogP contribution >= 0.6 is 0 Å². The fourth-order valence-corrected chi connectivity index (χ4v) is 1.44. The summed E-state index contributed by atoms with van der Waals surface area (Å²) in [5.41, 5.74) is 1.79. The molecule has 0 aliphatic rings. The number of aryl methyl sites for hydroxylation is 1. The Morgan fingerprint density at radius 2 is 2.00 bits per heavy atom. The lowest BCUT2D eigenvalue weighted by atomic mass is 10.1. The number of nitrogens with zero attached hydrogens (tertiary/aromatic N) is 1. The first-order valence-corrected chi connectivity index (χ1v) is 5.01. The highest BCUT2D eigenvalue weighted by atomic mass is 19.1. The van der Waals surface area contributed by atoms with Gasteiger partial charge in [0.05, 0.1) is 5.69 Å². The predicted octanol–water partition coefficient (Wildman–Crippen LogP) is 3.43. The summed E-state index contributed by atoms with van der Waals surface area (Å²) < 4.78 is 17.9. The molecule has 1 aromatic carbocycles. The van der Waals surface area contributed by atoms with Gasteiger partial charge in [-0.15, -0.1) is 0 Å². The predicted molar refractivity (Wildman–Crippen MR) is 55.9 cm³/mol. The SMILES string of the molecule is CCCc1cc(-c2ccc(F)cc2)on1. The molecule has 1 heterocycles. The van der Waals surface area contributed by atoms with Gasteiger partial charge in [-0.2, -0.15) is 0 Å². The molecule has 2 aromatic rings. The molecule has 0 aliphatic carbocycles. The molecule has 1 aromatic heterocycles. The van der Waals surface area contributed by atoms with E-state index in [1.165, 1.54) is 12.1 Å². The molecule has 0 N–H and O–H groups in total. The third kappa shape index (κ3) is 2.24. The largest absolute Gasteiger partial charge is 0.356 e. The standard InChI is InChI=1S/C12H12FNO/c1-2-3-11-8-12(15-14-11)9-4-6-10(13)7-5-9/h4-8H,2-3H2,1H3. The number of hydrogen-bond donors (Lipinski definition) is 0. The molecule has 2 rings (SSSR count). The van der Waals surface area contributed by atoms with Crippen molar-refractivity contribution >= 4 is 0 Å². The van der Waals surface area contributed by atoms with E-state index in [-0.39, 0.29) is 5.82 Å². The summed E-state index contributed by atoms with van der Waals surface area (Å²) in [6.07, 6.45) is 1.94. The fraction of sp³-hybridized carbons (Fsp3) is 0.250. The van der Waals surface area contributed by atoms with Crippen LogP contribution in [-0.4, -0.2) is 5.16 Å². The summed E-state index contributed by atoms with van der Waals surface area (Å²) in [6, 6.07) is 8.10. The van der Waals surface area contributed by atoms with Gasteiger partial charge in [0.1, 0.15) is 5.82 Å². The van der Waals surface area contributed by atoms with Crippen LogP contribution in [0, 0.1) is 5.82 Å². The molecule has 0 saturated heterocycles. The minimum atomic E-state index is -0.243. The van der Waals surface area contributed by atoms with E-state index in [9.17, 15) is 4.39 Å². The van der Waals surface area contributed by atoms with Crippen molar-refractivity contribution in [2.24, 2.45) is 0 Å². The normalized spacial score (nSPS) is 10.5. The second-order valence-electron chi connectivity index (χ2n) is 3.44. The van der Waals surface area contributed by atoms with Gasteiger partial charge in [-0.1, -0.05) is 18.5 Å². The van der Waals surface area contributed by atoms with Crippen molar-refractivity contribution in [3.8, 4) is 11.3 Å². The zero-order chi connectivity index (χ0) is 10.7. The lowest BCUT2D eigenvalue weighted by Crippen LogP contribution is -1.79. The number of benzene rings is 1. The maximum absolute atomic E-state index is 12.7. The molecule has 2 nitrogen and oxygen atoms in total. The zero-order valence-electron chi connectivity index (χ0n) is 8.53. The average molecular weight is 205 g/mol. The first kappa shape index (κ1) is 9.90. The van der Waals surface area contributed by atoms with Gasteiger partial charge in [0.2, 0.25) is 0 Å². The van der Waals surface area contributed by atoms with Crippen LogP contribution in [0.2, 0.25) is 0 Å². The fourth-order valence-electron chi connectivity index (χ4n) is 1.44. The van der Waals surface area contributed by atoms with Crippen LogP contribution < -0.4 is 0 Å². The van der Waals surface area contributed by atoms with Gasteiger partial charge >= 0.3 is 0 Å². The van der Waals surface area contributed by atoms with E-state index in [4.69, 9.17) is 4.52 Å². The second-order valence-corrected chi connectivity index (χ2v) is 3.44. The topological polar surface area (TPSA) is 26.0 Å². The van der Waals surface area contributed by atoms with Gasteiger partial charge < -0.3 is 4.52 Å². The Balaban J connectivity index is 2.25. The van der Waals surface area contributed by atoms with Gasteiger partial charge in [0.25, 0.3) is 0 Å². The molecule has 15 heavy (non-hydrogen) atoms. The minimum Gasteiger partial charge on any atom is -0.356 e. The number of rotatable bonds is 3. The maximum atomic E-state index is 12.7. The molecule has 0 unspecified atom stereocenters. The van der Waals surface area contributed by atoms with Crippen LogP contribution in [0.25, 0.3) is 11.3 Å². The molecule has 0 spiro atoms. The minimum absolute atomic E-state index is 0.243. The van der Waals surface area contributed by atoms with Crippen molar-refractivity contribution in [3.05, 3.63) is 41.8 Å². The smallest absolute Gasteiger partial charge is 0.167 e. The van der Waals surface area contributed by atoms with Crippen LogP contribution in [0.3, 0.4) is 0 Å². The maximum Gasteiger partial charge on any atom is 0.167 e. The van der Waals surface area contributed by atoms with E-state index in [0.29, 0.717) is 5.76 Å². The van der Waals surface area contributed by atoms with E-state index >= 15 is 0 Å². The third-order valence-electron chi connectivity index (χ3n) is 2.19. The third-order valence-corrected chi connectivity index (χ3v) is 2.19. The number of halogens is 1. The summed E-state index contributed by atoms with van der Waals surface area (Å²) in [7, 11) is 0. The van der Waals surface area contributed by atoms with Crippen LogP contribution in [0.1, 0.15) is 19.0 Å². The first-order chi connectivity index (χ1) is 7.29. The van der Waals surface area contributed by atoms with Gasteiger partial charge in [-0.3, -0.25) is 0 Å². The Morgan fingerprint density at radius 3 is 2.67 bits per heavy atom. The van der Waals surface area contributed by atoms with Crippen molar-refractivity contribution in [3.63, 3.8) is 0 Å². The van der Waals surface area contributed by atoms with Crippen LogP contribution in [0.15, 0.2) is 34.9 Å². The van der Waals surface area contributed by atoms with Crippen LogP contribution in [0.4, 0.5) is 4.39 Å². The van der Waals surface area contributed by atoms with Crippen molar-refractivity contribution in [2.75, 3.05) is 0 Å². The molecule has 0 radical (unpaired) electrons. The van der Waals surface area contributed by atoms with Crippen LogP contribution in [-0.2, 0) is 6.42 Å². The first-order valence-electron chi connectivity index (χ1n) is 5.01. The van der Waals surface area contributed by atoms with Crippen molar-refractivity contribution < 1.29 is 8.91 Å². The summed E-state index contributed by atoms with van der Waals surface area (Å²) in [6.45, 7) is 2.09. The summed E-state index contributed by atoms with van der Waals surface area (Å²) in [5.74, 6) is 0.450. The van der Waals surface area contributed by atoms with Crippen molar-refractivity contribution in [1.82, 2.24) is 5.16 Å². The Hall–Kier alpha value is -1.64. The van der Waals surface area contributed by atoms with Crippen LogP contribution in [0.5, 0.6) is 0 Å². The lowest BCUT2D eigenvalue weighted by molar-refractivity contribution is 0.423. The number of hydrogen-bond acceptors (Lipinski definition) is 2. The highest BCUT2D eigenvalue weighted by molar-refractivity contribution is 5.56. The molecule has 78 valence electrons. The monoisotopic (exact) mass is 205 g/mol. The van der Waals surface area contributed by atoms with E-state index in [0.717, 1.165) is 24.1 Å². The molecular weight excluding hydrogens is 193 g/mol. The van der Waals surface area contributed by atoms with E-state index < -0.39 is 0 Å². The Morgan fingerprint density at radius 1 is 1.27 bits per heavy atom. The molecule has 0 amide bonds. The molecule has 0 bridgehead atoms. The molecule has 0 saturated carbocycles. The quantitative estimate of drug-likeness (QED) is 0.767. The lowest BCUT2D eigenvalue weighted by Gasteiger charge is -1.93. The summed E-state index contributed by atoms with van der Waals surface area (Å²) in [5, 5.41) is 3.94. The molecule has 0 atom stereocenters. The Kier molecular flexibility index (Phi) is 2.81. The molecule has 0 aliphatic heterocycles. The second kappa shape index (κ2) is 4.26. The van der Waals surface area contributed by atoms with E-state index in [1.807, 2.05) is 6.07 Å². The molecule has 0 fully saturated rings. The molecule has 3 heteroatoms. The summed E-state index contributed by atoms with van der Waals surface area (Å²) in [4.78, 5) is 0. The van der Waals surface area contributed by atoms with Gasteiger partial charge in [0.15, 0.2) is 5.76 Å². The average Bonchev–Trinajstić information content (AvgIpc) is 2.68. The highest BCUT2D eigenvalue weighted by Crippen LogP contribution is 2.20. The van der Waals surface area contributed by atoms with E-state index in [2.05, 4.69) is 12.1 Å². The van der Waals surface area contributed by atoms with Gasteiger partial charge in [0, 0.05) is 11.6 Å². The Bertz CT molecular complexity index is 433. The van der Waals surface area contributed by atoms with E-state index in [1.54, 1.807) is 12.1 Å². The Labute approximate surface area is 87.7 Å². The summed E-state index contributed by atoms with van der Waals surface area (Å²) >= 11 is 0. The zero-order valence-corrected chi connectivity index (χ0v) is 8.53. The van der Waals surface area contributed by atoms with Gasteiger partial charge in [-0.05, 0) is 30.7 Å². The highest BCUT2D eigenvalue weighted by Gasteiger charge is 2.05. The van der Waals surface area contributed by atoms with Gasteiger partial charge in [-0.25, -0.2) is 4.39 Å².